The van der Waals surface area contributed by atoms with Crippen LogP contribution in [0, 0.1) is 13.8 Å². The molecule has 0 unspecified atom stereocenters. The van der Waals surface area contributed by atoms with Crippen LogP contribution >= 0.6 is 11.6 Å². The van der Waals surface area contributed by atoms with Gasteiger partial charge in [-0.2, -0.15) is 0 Å². The molecule has 0 saturated carbocycles. The molecular formula is C19H18ClNO2. The Morgan fingerprint density at radius 1 is 1.09 bits per heavy atom. The van der Waals surface area contributed by atoms with Crippen LogP contribution < -0.4 is 0 Å². The Kier molecular flexibility index (Phi) is 4.35. The number of aliphatic hydroxyl groups excluding tert-OH is 2. The van der Waals surface area contributed by atoms with Gasteiger partial charge in [-0.05, 0) is 60.4 Å². The lowest BCUT2D eigenvalue weighted by molar-refractivity contribution is 0.0956. The molecule has 2 N–H and O–H groups in total. The zero-order chi connectivity index (χ0) is 16.6. The maximum atomic E-state index is 10.3. The van der Waals surface area contributed by atoms with Crippen LogP contribution in [0.25, 0.3) is 22.0 Å². The Labute approximate surface area is 140 Å². The minimum absolute atomic E-state index is 0.327. The predicted molar refractivity (Wildman–Crippen MR) is 93.7 cm³/mol. The van der Waals surface area contributed by atoms with Gasteiger partial charge in [-0.25, -0.2) is 0 Å². The maximum Gasteiger partial charge on any atom is 0.103 e. The second kappa shape index (κ2) is 6.28. The lowest BCUT2D eigenvalue weighted by atomic mass is 9.89. The second-order valence-electron chi connectivity index (χ2n) is 5.71. The van der Waals surface area contributed by atoms with Crippen LogP contribution in [0.3, 0.4) is 0 Å². The van der Waals surface area contributed by atoms with Gasteiger partial charge in [-0.3, -0.25) is 4.98 Å². The van der Waals surface area contributed by atoms with Gasteiger partial charge in [0.1, 0.15) is 6.10 Å². The van der Waals surface area contributed by atoms with Gasteiger partial charge in [0.05, 0.1) is 12.1 Å². The molecule has 3 rings (SSSR count). The Morgan fingerprint density at radius 3 is 2.43 bits per heavy atom. The molecule has 1 aromatic heterocycles. The van der Waals surface area contributed by atoms with Gasteiger partial charge >= 0.3 is 0 Å². The first-order chi connectivity index (χ1) is 11.0. The standard InChI is InChI=1S/C19H18ClNO2/c1-11-9-16-15(8-3-12(2)21-16)19(18(11)17(23)10-22)13-4-6-14(20)7-5-13/h3-9,17,22-23H,10H2,1-2H3/t17-/m1/s1. The molecule has 2 aromatic carbocycles. The van der Waals surface area contributed by atoms with E-state index in [-0.39, 0.29) is 6.61 Å². The van der Waals surface area contributed by atoms with Crippen molar-refractivity contribution in [1.82, 2.24) is 4.98 Å². The van der Waals surface area contributed by atoms with E-state index in [1.54, 1.807) is 0 Å². The molecule has 0 aliphatic rings. The van der Waals surface area contributed by atoms with Crippen molar-refractivity contribution in [3.05, 3.63) is 64.3 Å². The summed E-state index contributed by atoms with van der Waals surface area (Å²) in [6, 6.07) is 13.4. The number of aryl methyl sites for hydroxylation is 2. The SMILES string of the molecule is Cc1ccc2c(-c3ccc(Cl)cc3)c([C@H](O)CO)c(C)cc2n1. The van der Waals surface area contributed by atoms with Gasteiger partial charge in [0.15, 0.2) is 0 Å². The lowest BCUT2D eigenvalue weighted by Gasteiger charge is -2.19. The van der Waals surface area contributed by atoms with Gasteiger partial charge < -0.3 is 10.2 Å². The molecule has 1 atom stereocenters. The van der Waals surface area contributed by atoms with Crippen molar-refractivity contribution in [1.29, 1.82) is 0 Å². The smallest absolute Gasteiger partial charge is 0.103 e. The van der Waals surface area contributed by atoms with Crippen molar-refractivity contribution in [2.24, 2.45) is 0 Å². The van der Waals surface area contributed by atoms with Crippen molar-refractivity contribution in [2.45, 2.75) is 20.0 Å². The predicted octanol–water partition coefficient (Wildman–Crippen LogP) is 4.20. The van der Waals surface area contributed by atoms with Crippen LogP contribution in [0.5, 0.6) is 0 Å². The molecule has 0 saturated heterocycles. The van der Waals surface area contributed by atoms with Crippen molar-refractivity contribution in [3.8, 4) is 11.1 Å². The van der Waals surface area contributed by atoms with Gasteiger partial charge in [-0.1, -0.05) is 29.8 Å². The molecule has 0 bridgehead atoms. The van der Waals surface area contributed by atoms with Crippen LogP contribution in [0.1, 0.15) is 22.9 Å². The first-order valence-corrected chi connectivity index (χ1v) is 7.84. The summed E-state index contributed by atoms with van der Waals surface area (Å²) in [6.45, 7) is 3.55. The number of aromatic nitrogens is 1. The lowest BCUT2D eigenvalue weighted by Crippen LogP contribution is -2.08. The molecule has 3 aromatic rings. The number of hydrogen-bond acceptors (Lipinski definition) is 3. The third-order valence-electron chi connectivity index (χ3n) is 4.02. The minimum Gasteiger partial charge on any atom is -0.393 e. The first-order valence-electron chi connectivity index (χ1n) is 7.47. The van der Waals surface area contributed by atoms with Crippen molar-refractivity contribution in [3.63, 3.8) is 0 Å². The maximum absolute atomic E-state index is 10.3. The van der Waals surface area contributed by atoms with Gasteiger partial charge in [0.2, 0.25) is 0 Å². The van der Waals surface area contributed by atoms with Gasteiger partial charge in [0, 0.05) is 16.1 Å². The highest BCUT2D eigenvalue weighted by molar-refractivity contribution is 6.30. The number of nitrogens with zero attached hydrogens (tertiary/aromatic N) is 1. The molecule has 1 heterocycles. The van der Waals surface area contributed by atoms with Crippen LogP contribution in [0.15, 0.2) is 42.5 Å². The van der Waals surface area contributed by atoms with Crippen molar-refractivity contribution >= 4 is 22.5 Å². The van der Waals surface area contributed by atoms with E-state index < -0.39 is 6.10 Å². The topological polar surface area (TPSA) is 53.4 Å². The third-order valence-corrected chi connectivity index (χ3v) is 4.27. The summed E-state index contributed by atoms with van der Waals surface area (Å²) >= 11 is 6.00. The van der Waals surface area contributed by atoms with Crippen LogP contribution in [0.2, 0.25) is 5.02 Å². The average molecular weight is 328 g/mol. The summed E-state index contributed by atoms with van der Waals surface area (Å²) in [5, 5.41) is 21.4. The zero-order valence-electron chi connectivity index (χ0n) is 13.0. The van der Waals surface area contributed by atoms with E-state index in [1.165, 1.54) is 0 Å². The summed E-state index contributed by atoms with van der Waals surface area (Å²) < 4.78 is 0. The summed E-state index contributed by atoms with van der Waals surface area (Å²) in [6.07, 6.45) is -0.939. The summed E-state index contributed by atoms with van der Waals surface area (Å²) in [5.74, 6) is 0. The molecule has 0 aliphatic carbocycles. The molecule has 3 nitrogen and oxygen atoms in total. The average Bonchev–Trinajstić information content (AvgIpc) is 2.53. The molecule has 0 aliphatic heterocycles. The summed E-state index contributed by atoms with van der Waals surface area (Å²) in [7, 11) is 0. The Bertz CT molecular complexity index is 859. The highest BCUT2D eigenvalue weighted by atomic mass is 35.5. The van der Waals surface area contributed by atoms with Gasteiger partial charge in [-0.15, -0.1) is 0 Å². The number of aliphatic hydroxyl groups is 2. The molecule has 0 amide bonds. The third kappa shape index (κ3) is 2.95. The number of halogens is 1. The van der Waals surface area contributed by atoms with E-state index in [1.807, 2.05) is 56.3 Å². The van der Waals surface area contributed by atoms with Crippen molar-refractivity contribution in [2.75, 3.05) is 6.61 Å². The zero-order valence-corrected chi connectivity index (χ0v) is 13.8. The summed E-state index contributed by atoms with van der Waals surface area (Å²) in [4.78, 5) is 4.60. The molecule has 0 spiro atoms. The van der Waals surface area contributed by atoms with E-state index in [0.29, 0.717) is 5.02 Å². The van der Waals surface area contributed by atoms with E-state index in [9.17, 15) is 10.2 Å². The second-order valence-corrected chi connectivity index (χ2v) is 6.14. The molecule has 0 fully saturated rings. The van der Waals surface area contributed by atoms with E-state index in [0.717, 1.165) is 38.9 Å². The number of benzene rings is 2. The molecule has 4 heteroatoms. The number of hydrogen-bond donors (Lipinski definition) is 2. The van der Waals surface area contributed by atoms with Crippen LogP contribution in [0.4, 0.5) is 0 Å². The summed E-state index contributed by atoms with van der Waals surface area (Å²) in [5.41, 5.74) is 5.28. The molecule has 23 heavy (non-hydrogen) atoms. The fourth-order valence-electron chi connectivity index (χ4n) is 2.97. The monoisotopic (exact) mass is 327 g/mol. The Hall–Kier alpha value is -1.94. The molecule has 118 valence electrons. The molecular weight excluding hydrogens is 310 g/mol. The van der Waals surface area contributed by atoms with Crippen LogP contribution in [-0.4, -0.2) is 21.8 Å². The fourth-order valence-corrected chi connectivity index (χ4v) is 3.10. The van der Waals surface area contributed by atoms with Crippen molar-refractivity contribution < 1.29 is 10.2 Å². The number of rotatable bonds is 3. The van der Waals surface area contributed by atoms with E-state index in [2.05, 4.69) is 4.98 Å². The Morgan fingerprint density at radius 2 is 1.78 bits per heavy atom. The number of fused-ring (bicyclic) bond motifs is 1. The van der Waals surface area contributed by atoms with Gasteiger partial charge in [0.25, 0.3) is 0 Å². The highest BCUT2D eigenvalue weighted by Crippen LogP contribution is 2.37. The molecule has 0 radical (unpaired) electrons. The van der Waals surface area contributed by atoms with E-state index in [4.69, 9.17) is 11.6 Å². The highest BCUT2D eigenvalue weighted by Gasteiger charge is 2.19. The number of pyridine rings is 1. The minimum atomic E-state index is -0.939. The largest absolute Gasteiger partial charge is 0.393 e. The fraction of sp³-hybridized carbons (Fsp3) is 0.211. The van der Waals surface area contributed by atoms with E-state index >= 15 is 0 Å². The van der Waals surface area contributed by atoms with Crippen LogP contribution in [-0.2, 0) is 0 Å². The Balaban J connectivity index is 2.40. The normalized spacial score (nSPS) is 12.6. The first kappa shape index (κ1) is 15.9. The quantitative estimate of drug-likeness (QED) is 0.758.